The number of likely N-dealkylation sites (N-methyl/N-ethyl adjacent to an activating group) is 1. The van der Waals surface area contributed by atoms with E-state index in [2.05, 4.69) is 6.92 Å². The van der Waals surface area contributed by atoms with E-state index in [9.17, 15) is 9.90 Å². The van der Waals surface area contributed by atoms with Crippen LogP contribution in [0.3, 0.4) is 0 Å². The molecule has 0 unspecified atom stereocenters. The minimum Gasteiger partial charge on any atom is -0.389 e. The molecule has 1 amide bonds. The Morgan fingerprint density at radius 2 is 2.00 bits per heavy atom. The highest BCUT2D eigenvalue weighted by atomic mass is 16.5. The van der Waals surface area contributed by atoms with Gasteiger partial charge in [0.15, 0.2) is 0 Å². The first-order valence-corrected chi connectivity index (χ1v) is 6.88. The van der Waals surface area contributed by atoms with Gasteiger partial charge in [-0.05, 0) is 18.3 Å². The molecule has 106 valence electrons. The van der Waals surface area contributed by atoms with Crippen molar-refractivity contribution in [2.24, 2.45) is 5.41 Å². The summed E-state index contributed by atoms with van der Waals surface area (Å²) in [7, 11) is 3.31. The lowest BCUT2D eigenvalue weighted by Crippen LogP contribution is -2.38. The van der Waals surface area contributed by atoms with Crippen LogP contribution in [0, 0.1) is 5.41 Å². The fourth-order valence-electron chi connectivity index (χ4n) is 2.75. The van der Waals surface area contributed by atoms with E-state index in [1.54, 1.807) is 19.1 Å². The largest absolute Gasteiger partial charge is 0.389 e. The molecule has 1 fully saturated rings. The van der Waals surface area contributed by atoms with Gasteiger partial charge in [-0.2, -0.15) is 0 Å². The number of aliphatic hydroxyl groups is 1. The van der Waals surface area contributed by atoms with Gasteiger partial charge in [-0.1, -0.05) is 26.2 Å². The molecule has 0 aromatic heterocycles. The minimum absolute atomic E-state index is 0.134. The van der Waals surface area contributed by atoms with E-state index in [1.165, 1.54) is 19.3 Å². The molecule has 18 heavy (non-hydrogen) atoms. The fourth-order valence-corrected chi connectivity index (χ4v) is 2.75. The number of aliphatic hydroxyl groups excluding tert-OH is 1. The van der Waals surface area contributed by atoms with E-state index in [0.717, 1.165) is 12.8 Å². The Morgan fingerprint density at radius 1 is 1.39 bits per heavy atom. The van der Waals surface area contributed by atoms with E-state index < -0.39 is 6.10 Å². The Morgan fingerprint density at radius 3 is 2.56 bits per heavy atom. The van der Waals surface area contributed by atoms with E-state index in [-0.39, 0.29) is 17.9 Å². The van der Waals surface area contributed by atoms with E-state index >= 15 is 0 Å². The van der Waals surface area contributed by atoms with Crippen LogP contribution in [0.2, 0.25) is 0 Å². The lowest BCUT2D eigenvalue weighted by molar-refractivity contribution is -0.134. The van der Waals surface area contributed by atoms with Crippen molar-refractivity contribution in [2.45, 2.75) is 51.6 Å². The third kappa shape index (κ3) is 4.94. The van der Waals surface area contributed by atoms with Gasteiger partial charge in [0.2, 0.25) is 5.91 Å². The molecule has 1 saturated carbocycles. The zero-order chi connectivity index (χ0) is 13.6. The number of nitrogens with zero attached hydrogens (tertiary/aromatic N) is 1. The molecule has 1 rings (SSSR count). The molecule has 1 aliphatic carbocycles. The number of carbonyl (C=O) groups is 1. The summed E-state index contributed by atoms with van der Waals surface area (Å²) in [6.07, 6.45) is 6.07. The van der Waals surface area contributed by atoms with Crippen LogP contribution in [0.4, 0.5) is 0 Å². The summed E-state index contributed by atoms with van der Waals surface area (Å²) in [4.78, 5) is 13.8. The van der Waals surface area contributed by atoms with Gasteiger partial charge in [-0.25, -0.2) is 0 Å². The average Bonchev–Trinajstić information content (AvgIpc) is 2.29. The summed E-state index contributed by atoms with van der Waals surface area (Å²) < 4.78 is 4.87. The van der Waals surface area contributed by atoms with Crippen LogP contribution >= 0.6 is 0 Å². The van der Waals surface area contributed by atoms with Crippen molar-refractivity contribution in [1.29, 1.82) is 0 Å². The molecule has 4 nitrogen and oxygen atoms in total. The van der Waals surface area contributed by atoms with Crippen LogP contribution in [-0.4, -0.2) is 49.3 Å². The van der Waals surface area contributed by atoms with Gasteiger partial charge in [0, 0.05) is 27.1 Å². The van der Waals surface area contributed by atoms with Gasteiger partial charge in [0.05, 0.1) is 12.7 Å². The Hall–Kier alpha value is -0.610. The Labute approximate surface area is 110 Å². The summed E-state index contributed by atoms with van der Waals surface area (Å²) in [5.41, 5.74) is 0.163. The molecule has 4 heteroatoms. The predicted molar refractivity (Wildman–Crippen MR) is 71.3 cm³/mol. The maximum absolute atomic E-state index is 12.1. The third-order valence-electron chi connectivity index (χ3n) is 3.91. The van der Waals surface area contributed by atoms with Crippen LogP contribution in [0.5, 0.6) is 0 Å². The fraction of sp³-hybridized carbons (Fsp3) is 0.929. The number of amides is 1. The lowest BCUT2D eigenvalue weighted by Gasteiger charge is -2.34. The number of hydrogen-bond donors (Lipinski definition) is 1. The van der Waals surface area contributed by atoms with Gasteiger partial charge >= 0.3 is 0 Å². The van der Waals surface area contributed by atoms with Crippen LogP contribution in [0.1, 0.15) is 45.4 Å². The summed E-state index contributed by atoms with van der Waals surface area (Å²) in [6, 6.07) is 0. The second-order valence-electron chi connectivity index (χ2n) is 5.93. The maximum atomic E-state index is 12.1. The molecule has 1 atom stereocenters. The molecule has 0 aliphatic heterocycles. The van der Waals surface area contributed by atoms with Gasteiger partial charge in [-0.3, -0.25) is 4.79 Å². The van der Waals surface area contributed by atoms with Crippen molar-refractivity contribution in [3.05, 3.63) is 0 Å². The number of ether oxygens (including phenoxy) is 1. The summed E-state index contributed by atoms with van der Waals surface area (Å²) in [5.74, 6) is 0.134. The first kappa shape index (κ1) is 15.4. The normalized spacial score (nSPS) is 20.4. The van der Waals surface area contributed by atoms with Crippen LogP contribution in [0.25, 0.3) is 0 Å². The number of carbonyl (C=O) groups excluding carboxylic acids is 1. The molecule has 0 radical (unpaired) electrons. The highest BCUT2D eigenvalue weighted by molar-refractivity contribution is 5.76. The zero-order valence-electron chi connectivity index (χ0n) is 11.9. The quantitative estimate of drug-likeness (QED) is 0.789. The Bertz CT molecular complexity index is 262. The topological polar surface area (TPSA) is 49.8 Å². The second-order valence-corrected chi connectivity index (χ2v) is 5.93. The second kappa shape index (κ2) is 7.10. The van der Waals surface area contributed by atoms with Crippen molar-refractivity contribution >= 4 is 5.91 Å². The molecule has 1 aliphatic rings. The third-order valence-corrected chi connectivity index (χ3v) is 3.91. The van der Waals surface area contributed by atoms with Crippen molar-refractivity contribution < 1.29 is 14.6 Å². The van der Waals surface area contributed by atoms with E-state index in [1.807, 2.05) is 0 Å². The van der Waals surface area contributed by atoms with Crippen molar-refractivity contribution in [3.63, 3.8) is 0 Å². The number of methoxy groups -OCH3 is 1. The molecular formula is C14H27NO3. The van der Waals surface area contributed by atoms with Gasteiger partial charge in [-0.15, -0.1) is 0 Å². The zero-order valence-corrected chi connectivity index (χ0v) is 11.9. The minimum atomic E-state index is -0.594. The summed E-state index contributed by atoms with van der Waals surface area (Å²) in [6.45, 7) is 2.83. The van der Waals surface area contributed by atoms with Gasteiger partial charge in [0.1, 0.15) is 0 Å². The summed E-state index contributed by atoms with van der Waals surface area (Å²) >= 11 is 0. The molecule has 0 spiro atoms. The molecular weight excluding hydrogens is 230 g/mol. The molecule has 0 aromatic rings. The molecule has 0 bridgehead atoms. The van der Waals surface area contributed by atoms with Crippen LogP contribution in [-0.2, 0) is 9.53 Å². The van der Waals surface area contributed by atoms with Crippen molar-refractivity contribution in [3.8, 4) is 0 Å². The Balaban J connectivity index is 2.38. The van der Waals surface area contributed by atoms with Crippen molar-refractivity contribution in [1.82, 2.24) is 4.90 Å². The molecule has 0 aromatic carbocycles. The molecule has 1 N–H and O–H groups in total. The SMILES string of the molecule is COC[C@@H](O)CN(C)C(=O)CC1(C)CCCCC1. The molecule has 0 heterocycles. The first-order valence-electron chi connectivity index (χ1n) is 6.88. The average molecular weight is 257 g/mol. The van der Waals surface area contributed by atoms with Crippen LogP contribution in [0.15, 0.2) is 0 Å². The van der Waals surface area contributed by atoms with Crippen LogP contribution < -0.4 is 0 Å². The maximum Gasteiger partial charge on any atom is 0.222 e. The predicted octanol–water partition coefficient (Wildman–Crippen LogP) is 1.81. The smallest absolute Gasteiger partial charge is 0.222 e. The Kier molecular flexibility index (Phi) is 6.09. The van der Waals surface area contributed by atoms with E-state index in [4.69, 9.17) is 4.74 Å². The van der Waals surface area contributed by atoms with E-state index in [0.29, 0.717) is 13.0 Å². The monoisotopic (exact) mass is 257 g/mol. The standard InChI is InChI=1S/C14H27NO3/c1-14(7-5-4-6-8-14)9-13(17)15(2)10-12(16)11-18-3/h12,16H,4-11H2,1-3H3/t12-/m0/s1. The lowest BCUT2D eigenvalue weighted by atomic mass is 9.73. The first-order chi connectivity index (χ1) is 8.47. The molecule has 0 saturated heterocycles. The number of rotatable bonds is 6. The van der Waals surface area contributed by atoms with Gasteiger partial charge < -0.3 is 14.7 Å². The number of hydrogen-bond acceptors (Lipinski definition) is 3. The van der Waals surface area contributed by atoms with Crippen molar-refractivity contribution in [2.75, 3.05) is 27.3 Å². The summed E-state index contributed by atoms with van der Waals surface area (Å²) in [5, 5.41) is 9.62. The van der Waals surface area contributed by atoms with Gasteiger partial charge in [0.25, 0.3) is 0 Å². The highest BCUT2D eigenvalue weighted by Crippen LogP contribution is 2.38. The highest BCUT2D eigenvalue weighted by Gasteiger charge is 2.30.